The summed E-state index contributed by atoms with van der Waals surface area (Å²) < 4.78 is 69.4. The van der Waals surface area contributed by atoms with Gasteiger partial charge in [0, 0.05) is 17.3 Å². The number of ether oxygens (including phenoxy) is 1. The van der Waals surface area contributed by atoms with Gasteiger partial charge in [-0.15, -0.1) is 0 Å². The van der Waals surface area contributed by atoms with E-state index in [-0.39, 0.29) is 11.3 Å². The van der Waals surface area contributed by atoms with Gasteiger partial charge in [0.1, 0.15) is 17.5 Å². The van der Waals surface area contributed by atoms with Crippen LogP contribution in [0.1, 0.15) is 31.0 Å². The van der Waals surface area contributed by atoms with Crippen LogP contribution in [0.15, 0.2) is 46.2 Å². The Morgan fingerprint density at radius 1 is 1.21 bits per heavy atom. The zero-order valence-corrected chi connectivity index (χ0v) is 16.0. The Labute approximate surface area is 159 Å². The zero-order chi connectivity index (χ0) is 21.1. The highest BCUT2D eigenvalue weighted by molar-refractivity contribution is 7.92. The van der Waals surface area contributed by atoms with Gasteiger partial charge in [-0.25, -0.2) is 8.42 Å². The van der Waals surface area contributed by atoms with Crippen molar-refractivity contribution < 1.29 is 31.4 Å². The third kappa shape index (κ3) is 3.10. The number of hydrogen-bond donors (Lipinski definition) is 1. The molecule has 1 aliphatic heterocycles. The zero-order valence-electron chi connectivity index (χ0n) is 15.2. The molecule has 0 fully saturated rings. The van der Waals surface area contributed by atoms with Crippen molar-refractivity contribution in [2.75, 3.05) is 0 Å². The summed E-state index contributed by atoms with van der Waals surface area (Å²) in [5.41, 5.74) is -6.78. The Balaban J connectivity index is 2.29. The lowest BCUT2D eigenvalue weighted by Gasteiger charge is -2.42. The van der Waals surface area contributed by atoms with Crippen LogP contribution in [0, 0.1) is 6.92 Å². The van der Waals surface area contributed by atoms with Crippen molar-refractivity contribution in [1.29, 1.82) is 0 Å². The molecule has 2 atom stereocenters. The van der Waals surface area contributed by atoms with Crippen LogP contribution in [-0.2, 0) is 9.84 Å². The Kier molecular flexibility index (Phi) is 4.62. The number of pyridine rings is 1. The molecular weight excluding hydrogens is 399 g/mol. The fourth-order valence-electron chi connectivity index (χ4n) is 3.19. The summed E-state index contributed by atoms with van der Waals surface area (Å²) in [7, 11) is -5.60. The molecule has 1 aromatic heterocycles. The molecule has 152 valence electrons. The van der Waals surface area contributed by atoms with Crippen molar-refractivity contribution in [3.05, 3.63) is 58.0 Å². The van der Waals surface area contributed by atoms with Gasteiger partial charge in [-0.05, 0) is 45.0 Å². The quantitative estimate of drug-likeness (QED) is 0.812. The molecule has 0 saturated carbocycles. The number of alkyl halides is 3. The third-order valence-electron chi connectivity index (χ3n) is 4.76. The first-order chi connectivity index (χ1) is 12.8. The number of hydrogen-bond acceptors (Lipinski definition) is 5. The summed E-state index contributed by atoms with van der Waals surface area (Å²) in [6.07, 6.45) is 0.0580. The van der Waals surface area contributed by atoms with Gasteiger partial charge in [-0.2, -0.15) is 13.2 Å². The van der Waals surface area contributed by atoms with E-state index < -0.39 is 43.5 Å². The van der Waals surface area contributed by atoms with Gasteiger partial charge in [-0.1, -0.05) is 6.07 Å². The summed E-state index contributed by atoms with van der Waals surface area (Å²) in [4.78, 5) is 11.6. The number of nitrogens with zero attached hydrogens (tertiary/aromatic N) is 1. The van der Waals surface area contributed by atoms with E-state index in [2.05, 4.69) is 0 Å². The highest BCUT2D eigenvalue weighted by Crippen LogP contribution is 2.43. The van der Waals surface area contributed by atoms with Gasteiger partial charge in [-0.3, -0.25) is 4.79 Å². The topological polar surface area (TPSA) is 85.6 Å². The molecule has 0 bridgehead atoms. The number of benzene rings is 1. The lowest BCUT2D eigenvalue weighted by atomic mass is 9.86. The minimum Gasteiger partial charge on any atom is -0.485 e. The van der Waals surface area contributed by atoms with Crippen LogP contribution in [0.2, 0.25) is 0 Å². The molecule has 28 heavy (non-hydrogen) atoms. The fraction of sp³-hybridized carbons (Fsp3) is 0.389. The average molecular weight is 417 g/mol. The predicted octanol–water partition coefficient (Wildman–Crippen LogP) is 2.57. The number of aliphatic hydroxyl groups excluding tert-OH is 1. The van der Waals surface area contributed by atoms with Crippen molar-refractivity contribution in [2.24, 2.45) is 0 Å². The van der Waals surface area contributed by atoms with Crippen molar-refractivity contribution in [1.82, 2.24) is 4.57 Å². The molecule has 0 unspecified atom stereocenters. The number of aromatic nitrogens is 1. The number of fused-ring (bicyclic) bond motifs is 1. The molecule has 1 aromatic carbocycles. The first kappa shape index (κ1) is 20.4. The van der Waals surface area contributed by atoms with E-state index in [0.29, 0.717) is 5.56 Å². The van der Waals surface area contributed by atoms with Crippen molar-refractivity contribution >= 4 is 9.84 Å². The fourth-order valence-corrected chi connectivity index (χ4v) is 3.99. The second-order valence-corrected chi connectivity index (χ2v) is 9.09. The van der Waals surface area contributed by atoms with Crippen LogP contribution in [0.3, 0.4) is 0 Å². The Morgan fingerprint density at radius 2 is 1.86 bits per heavy atom. The number of rotatable bonds is 2. The van der Waals surface area contributed by atoms with Crippen LogP contribution < -0.4 is 10.3 Å². The van der Waals surface area contributed by atoms with Crippen molar-refractivity contribution in [2.45, 2.75) is 48.9 Å². The van der Waals surface area contributed by atoms with Gasteiger partial charge < -0.3 is 14.4 Å². The van der Waals surface area contributed by atoms with Gasteiger partial charge >= 0.3 is 5.51 Å². The molecule has 6 nitrogen and oxygen atoms in total. The van der Waals surface area contributed by atoms with E-state index in [0.717, 1.165) is 18.2 Å². The monoisotopic (exact) mass is 417 g/mol. The van der Waals surface area contributed by atoms with Crippen molar-refractivity contribution in [3.8, 4) is 5.75 Å². The maximum atomic E-state index is 13.0. The summed E-state index contributed by atoms with van der Waals surface area (Å²) in [6.45, 7) is 4.69. The van der Waals surface area contributed by atoms with E-state index in [9.17, 15) is 31.5 Å². The SMILES string of the molecule is Cc1cccn([C@@H]2c3cc(S(=O)(=O)C(F)(F)F)ccc3OC(C)(C)[C@H]2O)c1=O. The lowest BCUT2D eigenvalue weighted by molar-refractivity contribution is -0.0644. The Bertz CT molecular complexity index is 1090. The molecule has 1 aliphatic rings. The predicted molar refractivity (Wildman–Crippen MR) is 94.0 cm³/mol. The van der Waals surface area contributed by atoms with E-state index in [1.54, 1.807) is 32.9 Å². The Morgan fingerprint density at radius 3 is 2.46 bits per heavy atom. The molecule has 0 aliphatic carbocycles. The van der Waals surface area contributed by atoms with Crippen LogP contribution in [0.4, 0.5) is 13.2 Å². The normalized spacial score (nSPS) is 21.7. The molecular formula is C18H18F3NO5S. The van der Waals surface area contributed by atoms with Gasteiger partial charge in [0.25, 0.3) is 15.4 Å². The first-order valence-corrected chi connectivity index (χ1v) is 9.76. The Hall–Kier alpha value is -2.33. The second kappa shape index (κ2) is 6.35. The number of aliphatic hydroxyl groups is 1. The van der Waals surface area contributed by atoms with Crippen LogP contribution in [0.25, 0.3) is 0 Å². The highest BCUT2D eigenvalue weighted by Gasteiger charge is 2.49. The van der Waals surface area contributed by atoms with E-state index in [1.165, 1.54) is 10.8 Å². The molecule has 2 aromatic rings. The van der Waals surface area contributed by atoms with Gasteiger partial charge in [0.15, 0.2) is 0 Å². The smallest absolute Gasteiger partial charge is 0.485 e. The minimum absolute atomic E-state index is 0.0233. The number of aryl methyl sites for hydroxylation is 1. The molecule has 10 heteroatoms. The maximum absolute atomic E-state index is 13.0. The van der Waals surface area contributed by atoms with Crippen LogP contribution in [-0.4, -0.2) is 35.3 Å². The highest BCUT2D eigenvalue weighted by atomic mass is 32.2. The summed E-state index contributed by atoms with van der Waals surface area (Å²) >= 11 is 0. The maximum Gasteiger partial charge on any atom is 0.501 e. The second-order valence-electron chi connectivity index (χ2n) is 7.15. The standard InChI is InChI=1S/C18H18F3NO5S/c1-10-5-4-8-22(16(10)24)14-12-9-11(28(25,26)18(19,20)21)6-7-13(12)27-17(2,3)15(14)23/h4-9,14-15,23H,1-3H3/t14-,15+/m1/s1. The molecule has 3 rings (SSSR count). The summed E-state index contributed by atoms with van der Waals surface area (Å²) in [5, 5.41) is 10.8. The lowest BCUT2D eigenvalue weighted by Crippen LogP contribution is -2.52. The summed E-state index contributed by atoms with van der Waals surface area (Å²) in [6, 6.07) is 4.69. The first-order valence-electron chi connectivity index (χ1n) is 8.27. The third-order valence-corrected chi connectivity index (χ3v) is 6.25. The van der Waals surface area contributed by atoms with E-state index in [1.807, 2.05) is 0 Å². The van der Waals surface area contributed by atoms with E-state index in [4.69, 9.17) is 4.74 Å². The largest absolute Gasteiger partial charge is 0.501 e. The van der Waals surface area contributed by atoms with Gasteiger partial charge in [0.2, 0.25) is 0 Å². The van der Waals surface area contributed by atoms with Gasteiger partial charge in [0.05, 0.1) is 10.9 Å². The molecule has 0 amide bonds. The van der Waals surface area contributed by atoms with Crippen LogP contribution in [0.5, 0.6) is 5.75 Å². The minimum atomic E-state index is -5.60. The van der Waals surface area contributed by atoms with E-state index >= 15 is 0 Å². The van der Waals surface area contributed by atoms with Crippen LogP contribution >= 0.6 is 0 Å². The molecule has 0 radical (unpaired) electrons. The molecule has 0 spiro atoms. The molecule has 0 saturated heterocycles. The van der Waals surface area contributed by atoms with Crippen molar-refractivity contribution in [3.63, 3.8) is 0 Å². The average Bonchev–Trinajstić information content (AvgIpc) is 2.57. The molecule has 1 N–H and O–H groups in total. The number of sulfone groups is 1. The number of halogens is 3. The summed E-state index contributed by atoms with van der Waals surface area (Å²) in [5.74, 6) is 0.0924. The molecule has 2 heterocycles.